The molecule has 2 N–H and O–H groups in total. The van der Waals surface area contributed by atoms with Gasteiger partial charge in [0.25, 0.3) is 0 Å². The minimum Gasteiger partial charge on any atom is -0.493 e. The molecule has 7 heteroatoms. The summed E-state index contributed by atoms with van der Waals surface area (Å²) >= 11 is 0. The lowest BCUT2D eigenvalue weighted by Gasteiger charge is -2.17. The maximum Gasteiger partial charge on any atom is 0.161 e. The Morgan fingerprint density at radius 1 is 1.35 bits per heavy atom. The van der Waals surface area contributed by atoms with Crippen LogP contribution in [0.15, 0.2) is 24.7 Å². The summed E-state index contributed by atoms with van der Waals surface area (Å²) in [4.78, 5) is 2.09. The molecule has 108 valence electrons. The highest BCUT2D eigenvalue weighted by atomic mass is 16.5. The van der Waals surface area contributed by atoms with Gasteiger partial charge >= 0.3 is 0 Å². The fourth-order valence-corrected chi connectivity index (χ4v) is 1.96. The Morgan fingerprint density at radius 2 is 2.15 bits per heavy atom. The van der Waals surface area contributed by atoms with E-state index in [4.69, 9.17) is 10.5 Å². The van der Waals surface area contributed by atoms with E-state index in [0.29, 0.717) is 5.75 Å². The van der Waals surface area contributed by atoms with Gasteiger partial charge in [0.2, 0.25) is 0 Å². The van der Waals surface area contributed by atoms with Crippen molar-refractivity contribution in [2.24, 2.45) is 5.73 Å². The van der Waals surface area contributed by atoms with E-state index in [-0.39, 0.29) is 6.04 Å². The predicted octanol–water partition coefficient (Wildman–Crippen LogP) is 0.291. The summed E-state index contributed by atoms with van der Waals surface area (Å²) in [5, 5.41) is 12.0. The molecule has 7 nitrogen and oxygen atoms in total. The van der Waals surface area contributed by atoms with Crippen LogP contribution in [-0.2, 0) is 6.54 Å². The number of nitrogens with zero attached hydrogens (tertiary/aromatic N) is 5. The van der Waals surface area contributed by atoms with Crippen LogP contribution in [-0.4, -0.2) is 52.6 Å². The summed E-state index contributed by atoms with van der Waals surface area (Å²) in [7, 11) is 5.66. The van der Waals surface area contributed by atoms with Crippen LogP contribution >= 0.6 is 0 Å². The van der Waals surface area contributed by atoms with Crippen molar-refractivity contribution in [1.29, 1.82) is 0 Å². The summed E-state index contributed by atoms with van der Waals surface area (Å²) in [5.74, 6) is 0.688. The molecule has 0 saturated heterocycles. The molecule has 0 aliphatic carbocycles. The Bertz CT molecular complexity index is 539. The van der Waals surface area contributed by atoms with Gasteiger partial charge in [-0.2, -0.15) is 15.3 Å². The Kier molecular flexibility index (Phi) is 4.65. The lowest BCUT2D eigenvalue weighted by Crippen LogP contribution is -2.23. The van der Waals surface area contributed by atoms with Crippen molar-refractivity contribution in [1.82, 2.24) is 24.9 Å². The standard InChI is InChI=1S/C13H20N6O/c1-18(2)6-7-19-13(11(20-3)9-17-19)12(14)10-4-5-15-16-8-10/h4-5,8-9,12H,6-7,14H2,1-3H3. The van der Waals surface area contributed by atoms with Crippen molar-refractivity contribution in [2.45, 2.75) is 12.6 Å². The van der Waals surface area contributed by atoms with Crippen LogP contribution < -0.4 is 10.5 Å². The molecule has 1 atom stereocenters. The van der Waals surface area contributed by atoms with Gasteiger partial charge in [-0.3, -0.25) is 4.68 Å². The average molecular weight is 276 g/mol. The average Bonchev–Trinajstić information content (AvgIpc) is 2.88. The van der Waals surface area contributed by atoms with Gasteiger partial charge in [-0.1, -0.05) is 0 Å². The van der Waals surface area contributed by atoms with Gasteiger partial charge in [0.1, 0.15) is 5.69 Å². The molecular formula is C13H20N6O. The Morgan fingerprint density at radius 3 is 2.75 bits per heavy atom. The number of likely N-dealkylation sites (N-methyl/N-ethyl adjacent to an activating group) is 1. The second-order valence-electron chi connectivity index (χ2n) is 4.78. The smallest absolute Gasteiger partial charge is 0.161 e. The van der Waals surface area contributed by atoms with Crippen LogP contribution in [0.1, 0.15) is 17.3 Å². The summed E-state index contributed by atoms with van der Waals surface area (Å²) in [6.45, 7) is 1.62. The van der Waals surface area contributed by atoms with Crippen molar-refractivity contribution in [2.75, 3.05) is 27.7 Å². The van der Waals surface area contributed by atoms with Crippen molar-refractivity contribution >= 4 is 0 Å². The number of rotatable bonds is 6. The molecule has 0 spiro atoms. The molecule has 1 unspecified atom stereocenters. The highest BCUT2D eigenvalue weighted by molar-refractivity contribution is 5.34. The van der Waals surface area contributed by atoms with Crippen molar-refractivity contribution in [3.63, 3.8) is 0 Å². The summed E-state index contributed by atoms with van der Waals surface area (Å²) in [5.41, 5.74) is 8.05. The van der Waals surface area contributed by atoms with Crippen LogP contribution in [0.25, 0.3) is 0 Å². The summed E-state index contributed by atoms with van der Waals surface area (Å²) in [6.07, 6.45) is 4.98. The fourth-order valence-electron chi connectivity index (χ4n) is 1.96. The lowest BCUT2D eigenvalue weighted by atomic mass is 10.1. The van der Waals surface area contributed by atoms with E-state index in [1.165, 1.54) is 0 Å². The van der Waals surface area contributed by atoms with Crippen LogP contribution in [0.4, 0.5) is 0 Å². The van der Waals surface area contributed by atoms with Gasteiger partial charge < -0.3 is 15.4 Å². The van der Waals surface area contributed by atoms with Crippen LogP contribution in [0, 0.1) is 0 Å². The van der Waals surface area contributed by atoms with Gasteiger partial charge in [-0.15, -0.1) is 0 Å². The maximum absolute atomic E-state index is 6.32. The molecule has 20 heavy (non-hydrogen) atoms. The lowest BCUT2D eigenvalue weighted by molar-refractivity contribution is 0.363. The molecule has 0 fully saturated rings. The number of nitrogens with two attached hydrogens (primary N) is 1. The maximum atomic E-state index is 6.32. The number of ether oxygens (including phenoxy) is 1. The van der Waals surface area contributed by atoms with E-state index in [2.05, 4.69) is 20.2 Å². The van der Waals surface area contributed by atoms with Crippen LogP contribution in [0.3, 0.4) is 0 Å². The monoisotopic (exact) mass is 276 g/mol. The molecule has 0 aliphatic heterocycles. The molecule has 0 bridgehead atoms. The molecule has 0 radical (unpaired) electrons. The number of aromatic nitrogens is 4. The third kappa shape index (κ3) is 3.12. The first-order chi connectivity index (χ1) is 9.63. The zero-order chi connectivity index (χ0) is 14.5. The van der Waals surface area contributed by atoms with Crippen molar-refractivity contribution in [3.05, 3.63) is 35.9 Å². The fraction of sp³-hybridized carbons (Fsp3) is 0.462. The number of methoxy groups -OCH3 is 1. The SMILES string of the molecule is COc1cnn(CCN(C)C)c1C(N)c1ccnnc1. The molecule has 2 heterocycles. The Labute approximate surface area is 118 Å². The molecular weight excluding hydrogens is 256 g/mol. The van der Waals surface area contributed by atoms with E-state index in [9.17, 15) is 0 Å². The zero-order valence-electron chi connectivity index (χ0n) is 12.0. The summed E-state index contributed by atoms with van der Waals surface area (Å²) < 4.78 is 7.24. The molecule has 0 aromatic carbocycles. The van der Waals surface area contributed by atoms with Gasteiger partial charge in [0.15, 0.2) is 5.75 Å². The van der Waals surface area contributed by atoms with E-state index in [0.717, 1.165) is 24.3 Å². The molecule has 0 saturated carbocycles. The van der Waals surface area contributed by atoms with Gasteiger partial charge in [0.05, 0.1) is 32.1 Å². The quantitative estimate of drug-likeness (QED) is 0.816. The van der Waals surface area contributed by atoms with Crippen molar-refractivity contribution < 1.29 is 4.74 Å². The van der Waals surface area contributed by atoms with E-state index in [1.54, 1.807) is 25.7 Å². The topological polar surface area (TPSA) is 82.1 Å². The third-order valence-electron chi connectivity index (χ3n) is 3.08. The molecule has 0 aliphatic rings. The second-order valence-corrected chi connectivity index (χ2v) is 4.78. The van der Waals surface area contributed by atoms with E-state index < -0.39 is 0 Å². The predicted molar refractivity (Wildman–Crippen MR) is 75.4 cm³/mol. The molecule has 0 amide bonds. The van der Waals surface area contributed by atoms with Gasteiger partial charge in [0, 0.05) is 12.7 Å². The highest BCUT2D eigenvalue weighted by Crippen LogP contribution is 2.27. The highest BCUT2D eigenvalue weighted by Gasteiger charge is 2.20. The van der Waals surface area contributed by atoms with Crippen LogP contribution in [0.2, 0.25) is 0 Å². The molecule has 2 rings (SSSR count). The first-order valence-corrected chi connectivity index (χ1v) is 6.40. The molecule has 2 aromatic rings. The number of hydrogen-bond donors (Lipinski definition) is 1. The Hall–Kier alpha value is -1.99. The van der Waals surface area contributed by atoms with Gasteiger partial charge in [-0.05, 0) is 25.7 Å². The van der Waals surface area contributed by atoms with E-state index >= 15 is 0 Å². The zero-order valence-corrected chi connectivity index (χ0v) is 12.0. The first-order valence-electron chi connectivity index (χ1n) is 6.40. The minimum absolute atomic E-state index is 0.342. The van der Waals surface area contributed by atoms with Gasteiger partial charge in [-0.25, -0.2) is 0 Å². The molecule has 2 aromatic heterocycles. The van der Waals surface area contributed by atoms with E-state index in [1.807, 2.05) is 24.8 Å². The van der Waals surface area contributed by atoms with Crippen molar-refractivity contribution in [3.8, 4) is 5.75 Å². The second kappa shape index (κ2) is 6.44. The Balaban J connectivity index is 2.30. The summed E-state index contributed by atoms with van der Waals surface area (Å²) in [6, 6.07) is 1.51. The largest absolute Gasteiger partial charge is 0.493 e. The van der Waals surface area contributed by atoms with Crippen LogP contribution in [0.5, 0.6) is 5.75 Å². The first kappa shape index (κ1) is 14.4. The number of hydrogen-bond acceptors (Lipinski definition) is 6. The minimum atomic E-state index is -0.342. The normalized spacial score (nSPS) is 12.7. The third-order valence-corrected chi connectivity index (χ3v) is 3.08.